The summed E-state index contributed by atoms with van der Waals surface area (Å²) in [5.41, 5.74) is 0. The first-order chi connectivity index (χ1) is 8.02. The molecule has 1 heterocycles. The zero-order chi connectivity index (χ0) is 14.4. The number of carboxylic acids is 1. The SMILES string of the molecule is CS(=O)(=O)NC1CCNCC1.O=C(O)C(F)(F)F. The van der Waals surface area contributed by atoms with Crippen LogP contribution in [0.3, 0.4) is 0 Å². The lowest BCUT2D eigenvalue weighted by Gasteiger charge is -2.22. The average Bonchev–Trinajstić information content (AvgIpc) is 2.15. The topological polar surface area (TPSA) is 95.5 Å². The Morgan fingerprint density at radius 1 is 1.33 bits per heavy atom. The second-order valence-corrected chi connectivity index (χ2v) is 5.50. The zero-order valence-corrected chi connectivity index (χ0v) is 10.4. The van der Waals surface area contributed by atoms with Crippen LogP contribution in [0.15, 0.2) is 0 Å². The van der Waals surface area contributed by atoms with Gasteiger partial charge < -0.3 is 10.4 Å². The molecule has 0 bridgehead atoms. The number of aliphatic carboxylic acids is 1. The van der Waals surface area contributed by atoms with Crippen molar-refractivity contribution in [1.29, 1.82) is 0 Å². The van der Waals surface area contributed by atoms with Gasteiger partial charge in [-0.15, -0.1) is 0 Å². The minimum absolute atomic E-state index is 0.145. The van der Waals surface area contributed by atoms with Crippen molar-refractivity contribution < 1.29 is 31.5 Å². The molecule has 0 unspecified atom stereocenters. The molecule has 0 aromatic rings. The highest BCUT2D eigenvalue weighted by atomic mass is 32.2. The summed E-state index contributed by atoms with van der Waals surface area (Å²) in [5, 5.41) is 10.3. The van der Waals surface area contributed by atoms with E-state index in [4.69, 9.17) is 9.90 Å². The summed E-state index contributed by atoms with van der Waals surface area (Å²) in [5.74, 6) is -2.76. The quantitative estimate of drug-likeness (QED) is 0.661. The number of piperidine rings is 1. The van der Waals surface area contributed by atoms with E-state index in [9.17, 15) is 21.6 Å². The highest BCUT2D eigenvalue weighted by molar-refractivity contribution is 7.88. The van der Waals surface area contributed by atoms with Crippen molar-refractivity contribution in [3.8, 4) is 0 Å². The number of hydrogen-bond donors (Lipinski definition) is 3. The van der Waals surface area contributed by atoms with Gasteiger partial charge in [0.25, 0.3) is 0 Å². The van der Waals surface area contributed by atoms with E-state index in [0.29, 0.717) is 0 Å². The van der Waals surface area contributed by atoms with Crippen LogP contribution >= 0.6 is 0 Å². The van der Waals surface area contributed by atoms with Crippen LogP contribution in [0.4, 0.5) is 13.2 Å². The van der Waals surface area contributed by atoms with E-state index in [1.165, 1.54) is 6.26 Å². The van der Waals surface area contributed by atoms with E-state index in [2.05, 4.69) is 10.0 Å². The molecular weight excluding hydrogens is 277 g/mol. The number of carbonyl (C=O) groups is 1. The van der Waals surface area contributed by atoms with Gasteiger partial charge >= 0.3 is 12.1 Å². The largest absolute Gasteiger partial charge is 0.490 e. The molecule has 0 aliphatic carbocycles. The average molecular weight is 292 g/mol. The van der Waals surface area contributed by atoms with Crippen molar-refractivity contribution in [2.45, 2.75) is 25.1 Å². The summed E-state index contributed by atoms with van der Waals surface area (Å²) in [7, 11) is -3.00. The van der Waals surface area contributed by atoms with Crippen LogP contribution in [-0.4, -0.2) is 51.1 Å². The normalized spacial score (nSPS) is 17.8. The van der Waals surface area contributed by atoms with E-state index in [-0.39, 0.29) is 6.04 Å². The molecule has 1 saturated heterocycles. The Morgan fingerprint density at radius 2 is 1.72 bits per heavy atom. The lowest BCUT2D eigenvalue weighted by atomic mass is 10.1. The van der Waals surface area contributed by atoms with Gasteiger partial charge in [-0.2, -0.15) is 13.2 Å². The molecule has 1 fully saturated rings. The first kappa shape index (κ1) is 17.1. The fourth-order valence-electron chi connectivity index (χ4n) is 1.24. The van der Waals surface area contributed by atoms with Gasteiger partial charge in [0.05, 0.1) is 6.26 Å². The maximum Gasteiger partial charge on any atom is 0.490 e. The third-order valence-corrected chi connectivity index (χ3v) is 2.72. The molecule has 1 rings (SSSR count). The Balaban J connectivity index is 0.000000360. The van der Waals surface area contributed by atoms with Crippen LogP contribution in [0.5, 0.6) is 0 Å². The monoisotopic (exact) mass is 292 g/mol. The first-order valence-corrected chi connectivity index (χ1v) is 6.89. The highest BCUT2D eigenvalue weighted by Crippen LogP contribution is 2.13. The fraction of sp³-hybridized carbons (Fsp3) is 0.875. The van der Waals surface area contributed by atoms with E-state index in [1.807, 2.05) is 0 Å². The molecule has 3 N–H and O–H groups in total. The number of nitrogens with one attached hydrogen (secondary N) is 2. The van der Waals surface area contributed by atoms with Gasteiger partial charge in [-0.05, 0) is 25.9 Å². The van der Waals surface area contributed by atoms with Crippen molar-refractivity contribution in [2.24, 2.45) is 0 Å². The number of alkyl halides is 3. The molecule has 0 spiro atoms. The second kappa shape index (κ2) is 6.90. The van der Waals surface area contributed by atoms with Gasteiger partial charge in [0.2, 0.25) is 10.0 Å². The first-order valence-electron chi connectivity index (χ1n) is 5.00. The Labute approximate surface area is 103 Å². The van der Waals surface area contributed by atoms with E-state index in [1.54, 1.807) is 0 Å². The number of rotatable bonds is 2. The zero-order valence-electron chi connectivity index (χ0n) is 9.62. The molecule has 0 atom stereocenters. The van der Waals surface area contributed by atoms with Crippen molar-refractivity contribution >= 4 is 16.0 Å². The molecular formula is C8H15F3N2O4S. The van der Waals surface area contributed by atoms with E-state index >= 15 is 0 Å². The van der Waals surface area contributed by atoms with E-state index in [0.717, 1.165) is 25.9 Å². The molecule has 1 aliphatic heterocycles. The van der Waals surface area contributed by atoms with Crippen LogP contribution in [-0.2, 0) is 14.8 Å². The molecule has 0 radical (unpaired) electrons. The van der Waals surface area contributed by atoms with Gasteiger partial charge in [-0.25, -0.2) is 17.9 Å². The second-order valence-electron chi connectivity index (χ2n) is 3.72. The third-order valence-electron chi connectivity index (χ3n) is 1.96. The van der Waals surface area contributed by atoms with Gasteiger partial charge in [0, 0.05) is 6.04 Å². The summed E-state index contributed by atoms with van der Waals surface area (Å²) < 4.78 is 55.9. The predicted molar refractivity (Wildman–Crippen MR) is 57.6 cm³/mol. The minimum atomic E-state index is -5.08. The Bertz CT molecular complexity index is 363. The van der Waals surface area contributed by atoms with Crippen LogP contribution < -0.4 is 10.0 Å². The Morgan fingerprint density at radius 3 is 2.00 bits per heavy atom. The molecule has 108 valence electrons. The molecule has 0 amide bonds. The van der Waals surface area contributed by atoms with Gasteiger partial charge in [-0.3, -0.25) is 0 Å². The van der Waals surface area contributed by atoms with Crippen LogP contribution in [0.1, 0.15) is 12.8 Å². The van der Waals surface area contributed by atoms with Crippen molar-refractivity contribution in [2.75, 3.05) is 19.3 Å². The predicted octanol–water partition coefficient (Wildman–Crippen LogP) is -0.0791. The number of hydrogen-bond acceptors (Lipinski definition) is 4. The molecule has 18 heavy (non-hydrogen) atoms. The van der Waals surface area contributed by atoms with Crippen LogP contribution in [0, 0.1) is 0 Å². The van der Waals surface area contributed by atoms with Crippen molar-refractivity contribution in [3.63, 3.8) is 0 Å². The number of carboxylic acid groups (broad SMARTS) is 1. The Kier molecular flexibility index (Phi) is 6.57. The minimum Gasteiger partial charge on any atom is -0.475 e. The van der Waals surface area contributed by atoms with Crippen LogP contribution in [0.2, 0.25) is 0 Å². The highest BCUT2D eigenvalue weighted by Gasteiger charge is 2.38. The lowest BCUT2D eigenvalue weighted by Crippen LogP contribution is -2.42. The molecule has 0 saturated carbocycles. The van der Waals surface area contributed by atoms with Gasteiger partial charge in [0.1, 0.15) is 0 Å². The molecule has 6 nitrogen and oxygen atoms in total. The number of halogens is 3. The smallest absolute Gasteiger partial charge is 0.475 e. The molecule has 1 aliphatic rings. The Hall–Kier alpha value is -0.870. The summed E-state index contributed by atoms with van der Waals surface area (Å²) in [4.78, 5) is 8.90. The maximum absolute atomic E-state index is 10.8. The summed E-state index contributed by atoms with van der Waals surface area (Å²) in [6.07, 6.45) is -2.09. The summed E-state index contributed by atoms with van der Waals surface area (Å²) in [6.45, 7) is 1.82. The maximum atomic E-state index is 10.8. The fourth-order valence-corrected chi connectivity index (χ4v) is 2.08. The molecule has 0 aromatic heterocycles. The van der Waals surface area contributed by atoms with Crippen molar-refractivity contribution in [1.82, 2.24) is 10.0 Å². The van der Waals surface area contributed by atoms with Crippen molar-refractivity contribution in [3.05, 3.63) is 0 Å². The lowest BCUT2D eigenvalue weighted by molar-refractivity contribution is -0.192. The third kappa shape index (κ3) is 9.19. The van der Waals surface area contributed by atoms with Gasteiger partial charge in [0.15, 0.2) is 0 Å². The summed E-state index contributed by atoms with van der Waals surface area (Å²) >= 11 is 0. The number of sulfonamides is 1. The van der Waals surface area contributed by atoms with Gasteiger partial charge in [-0.1, -0.05) is 0 Å². The van der Waals surface area contributed by atoms with E-state index < -0.39 is 22.2 Å². The molecule has 0 aromatic carbocycles. The molecule has 10 heteroatoms. The van der Waals surface area contributed by atoms with Crippen LogP contribution in [0.25, 0.3) is 0 Å². The summed E-state index contributed by atoms with van der Waals surface area (Å²) in [6, 6.07) is 0.145. The standard InChI is InChI=1S/C6H14N2O2S.C2HF3O2/c1-11(9,10)8-6-2-4-7-5-3-6;3-2(4,5)1(6)7/h6-8H,2-5H2,1H3;(H,6,7).